The van der Waals surface area contributed by atoms with Crippen molar-refractivity contribution in [2.75, 3.05) is 36.5 Å². The summed E-state index contributed by atoms with van der Waals surface area (Å²) in [5.74, 6) is 0.482. The number of nitrogens with one attached hydrogen (secondary N) is 1. The van der Waals surface area contributed by atoms with Gasteiger partial charge >= 0.3 is 6.18 Å². The zero-order valence-corrected chi connectivity index (χ0v) is 15.8. The molecule has 1 aliphatic rings. The number of anilines is 2. The average molecular weight is 403 g/mol. The second-order valence-corrected chi connectivity index (χ2v) is 6.93. The minimum Gasteiger partial charge on any atom is -0.378 e. The molecule has 0 aliphatic carbocycles. The van der Waals surface area contributed by atoms with Gasteiger partial charge in [0.1, 0.15) is 0 Å². The van der Waals surface area contributed by atoms with Gasteiger partial charge in [-0.3, -0.25) is 0 Å². The van der Waals surface area contributed by atoms with Crippen molar-refractivity contribution in [3.8, 4) is 0 Å². The zero-order valence-electron chi connectivity index (χ0n) is 15.8. The molecule has 0 spiro atoms. The third kappa shape index (κ3) is 4.24. The highest BCUT2D eigenvalue weighted by Gasteiger charge is 2.30. The number of nitrogens with zero attached hydrogens (tertiary/aromatic N) is 4. The molecule has 0 unspecified atom stereocenters. The van der Waals surface area contributed by atoms with Gasteiger partial charge in [0.2, 0.25) is 0 Å². The molecular weight excluding hydrogens is 383 g/mol. The molecule has 1 N–H and O–H groups in total. The van der Waals surface area contributed by atoms with Crippen LogP contribution in [-0.4, -0.2) is 41.7 Å². The van der Waals surface area contributed by atoms with Crippen molar-refractivity contribution < 1.29 is 17.9 Å². The Hall–Kier alpha value is -2.94. The van der Waals surface area contributed by atoms with Gasteiger partial charge in [-0.05, 0) is 48.0 Å². The maximum atomic E-state index is 13.0. The lowest BCUT2D eigenvalue weighted by Gasteiger charge is -2.29. The Labute approximate surface area is 165 Å². The minimum absolute atomic E-state index is 0.399. The van der Waals surface area contributed by atoms with E-state index in [1.807, 2.05) is 18.2 Å². The number of fused-ring (bicyclic) bond motifs is 1. The summed E-state index contributed by atoms with van der Waals surface area (Å²) in [5.41, 5.74) is 1.51. The summed E-state index contributed by atoms with van der Waals surface area (Å²) in [6.07, 6.45) is -4.38. The molecule has 4 rings (SSSR count). The van der Waals surface area contributed by atoms with Gasteiger partial charge in [0.15, 0.2) is 5.82 Å². The molecule has 0 amide bonds. The molecule has 1 atom stereocenters. The van der Waals surface area contributed by atoms with E-state index in [1.54, 1.807) is 13.0 Å². The smallest absolute Gasteiger partial charge is 0.378 e. The van der Waals surface area contributed by atoms with Crippen molar-refractivity contribution >= 4 is 22.4 Å². The zero-order chi connectivity index (χ0) is 20.4. The summed E-state index contributed by atoms with van der Waals surface area (Å²) >= 11 is 0. The van der Waals surface area contributed by atoms with Crippen LogP contribution in [0.15, 0.2) is 42.5 Å². The molecule has 0 saturated carbocycles. The molecule has 1 saturated heterocycles. The highest BCUT2D eigenvalue weighted by molar-refractivity contribution is 5.91. The maximum Gasteiger partial charge on any atom is 0.416 e. The molecule has 29 heavy (non-hydrogen) atoms. The predicted molar refractivity (Wildman–Crippen MR) is 104 cm³/mol. The molecule has 152 valence electrons. The first-order valence-electron chi connectivity index (χ1n) is 9.31. The van der Waals surface area contributed by atoms with Crippen LogP contribution in [0.2, 0.25) is 0 Å². The van der Waals surface area contributed by atoms with E-state index in [1.165, 1.54) is 6.07 Å². The number of halogens is 3. The molecule has 1 aliphatic heterocycles. The summed E-state index contributed by atoms with van der Waals surface area (Å²) in [6, 6.07) is 10.7. The standard InChI is InChI=1S/C20H20F3N5O/c1-13(14-3-2-4-15(11-14)20(21,22)23)24-19-17-12-16(28-7-9-29-10-8-28)5-6-18(17)25-27-26-19/h2-6,11-13H,7-10H2,1H3,(H,24,25,26)/t13-/m1/s1. The fourth-order valence-corrected chi connectivity index (χ4v) is 3.37. The maximum absolute atomic E-state index is 13.0. The molecule has 6 nitrogen and oxygen atoms in total. The number of hydrogen-bond donors (Lipinski definition) is 1. The summed E-state index contributed by atoms with van der Waals surface area (Å²) < 4.78 is 44.5. The van der Waals surface area contributed by atoms with E-state index in [9.17, 15) is 13.2 Å². The molecule has 1 aromatic heterocycles. The lowest BCUT2D eigenvalue weighted by atomic mass is 10.0. The van der Waals surface area contributed by atoms with Crippen LogP contribution in [0.25, 0.3) is 10.9 Å². The second kappa shape index (κ2) is 7.82. The molecular formula is C20H20F3N5O. The summed E-state index contributed by atoms with van der Waals surface area (Å²) in [5, 5.41) is 15.9. The lowest BCUT2D eigenvalue weighted by molar-refractivity contribution is -0.137. The van der Waals surface area contributed by atoms with E-state index in [2.05, 4.69) is 25.6 Å². The fraction of sp³-hybridized carbons (Fsp3) is 0.350. The highest BCUT2D eigenvalue weighted by Crippen LogP contribution is 2.32. The van der Waals surface area contributed by atoms with Gasteiger partial charge in [-0.25, -0.2) is 0 Å². The average Bonchev–Trinajstić information content (AvgIpc) is 2.74. The van der Waals surface area contributed by atoms with Crippen molar-refractivity contribution in [3.63, 3.8) is 0 Å². The van der Waals surface area contributed by atoms with Crippen molar-refractivity contribution in [1.29, 1.82) is 0 Å². The Morgan fingerprint density at radius 3 is 2.62 bits per heavy atom. The van der Waals surface area contributed by atoms with E-state index in [-0.39, 0.29) is 0 Å². The van der Waals surface area contributed by atoms with Crippen LogP contribution >= 0.6 is 0 Å². The van der Waals surface area contributed by atoms with Gasteiger partial charge in [-0.2, -0.15) is 13.2 Å². The highest BCUT2D eigenvalue weighted by atomic mass is 19.4. The summed E-state index contributed by atoms with van der Waals surface area (Å²) in [4.78, 5) is 2.21. The molecule has 0 bridgehead atoms. The van der Waals surface area contributed by atoms with Crippen molar-refractivity contribution in [3.05, 3.63) is 53.6 Å². The molecule has 2 aromatic carbocycles. The van der Waals surface area contributed by atoms with Crippen molar-refractivity contribution in [2.45, 2.75) is 19.1 Å². The Bertz CT molecular complexity index is 1000. The van der Waals surface area contributed by atoms with E-state index in [4.69, 9.17) is 4.74 Å². The summed E-state index contributed by atoms with van der Waals surface area (Å²) in [6.45, 7) is 4.71. The van der Waals surface area contributed by atoms with E-state index < -0.39 is 17.8 Å². The SMILES string of the molecule is C[C@@H](Nc1nnnc2ccc(N3CCOCC3)cc12)c1cccc(C(F)(F)F)c1. The van der Waals surface area contributed by atoms with Gasteiger partial charge in [0, 0.05) is 24.2 Å². The van der Waals surface area contributed by atoms with Gasteiger partial charge in [-0.15, -0.1) is 10.2 Å². The van der Waals surface area contributed by atoms with Gasteiger partial charge in [0.05, 0.1) is 30.3 Å². The number of aromatic nitrogens is 3. The second-order valence-electron chi connectivity index (χ2n) is 6.93. The van der Waals surface area contributed by atoms with Crippen LogP contribution in [0.4, 0.5) is 24.7 Å². The number of hydrogen-bond acceptors (Lipinski definition) is 6. The van der Waals surface area contributed by atoms with Crippen LogP contribution in [0.1, 0.15) is 24.1 Å². The molecule has 9 heteroatoms. The van der Waals surface area contributed by atoms with Crippen LogP contribution in [0.3, 0.4) is 0 Å². The number of rotatable bonds is 4. The first-order valence-corrected chi connectivity index (χ1v) is 9.31. The van der Waals surface area contributed by atoms with Gasteiger partial charge < -0.3 is 15.0 Å². The molecule has 1 fully saturated rings. The van der Waals surface area contributed by atoms with Crippen LogP contribution in [-0.2, 0) is 10.9 Å². The monoisotopic (exact) mass is 403 g/mol. The Balaban J connectivity index is 1.63. The third-order valence-corrected chi connectivity index (χ3v) is 4.98. The van der Waals surface area contributed by atoms with Crippen molar-refractivity contribution in [2.24, 2.45) is 0 Å². The number of ether oxygens (including phenoxy) is 1. The number of benzene rings is 2. The lowest BCUT2D eigenvalue weighted by Crippen LogP contribution is -2.36. The summed E-state index contributed by atoms with van der Waals surface area (Å²) in [7, 11) is 0. The van der Waals surface area contributed by atoms with Crippen LogP contribution in [0.5, 0.6) is 0 Å². The molecule has 0 radical (unpaired) electrons. The first-order chi connectivity index (χ1) is 13.9. The van der Waals surface area contributed by atoms with E-state index >= 15 is 0 Å². The normalized spacial score (nSPS) is 16.1. The molecule has 3 aromatic rings. The predicted octanol–water partition coefficient (Wildman–Crippen LogP) is 4.05. The third-order valence-electron chi connectivity index (χ3n) is 4.98. The van der Waals surface area contributed by atoms with Gasteiger partial charge in [-0.1, -0.05) is 12.1 Å². The number of morpholine rings is 1. The van der Waals surface area contributed by atoms with E-state index in [0.717, 1.165) is 36.3 Å². The van der Waals surface area contributed by atoms with Crippen molar-refractivity contribution in [1.82, 2.24) is 15.4 Å². The van der Waals surface area contributed by atoms with Gasteiger partial charge in [0.25, 0.3) is 0 Å². The topological polar surface area (TPSA) is 63.2 Å². The van der Waals surface area contributed by atoms with E-state index in [0.29, 0.717) is 30.1 Å². The number of alkyl halides is 3. The Kier molecular flexibility index (Phi) is 5.23. The Morgan fingerprint density at radius 1 is 1.07 bits per heavy atom. The first kappa shape index (κ1) is 19.4. The van der Waals surface area contributed by atoms with Crippen LogP contribution in [0, 0.1) is 0 Å². The largest absolute Gasteiger partial charge is 0.416 e. The minimum atomic E-state index is -4.38. The van der Waals surface area contributed by atoms with Crippen LogP contribution < -0.4 is 10.2 Å². The quantitative estimate of drug-likeness (QED) is 0.709. The Morgan fingerprint density at radius 2 is 1.86 bits per heavy atom. The fourth-order valence-electron chi connectivity index (χ4n) is 3.37. The molecule has 2 heterocycles.